The summed E-state index contributed by atoms with van der Waals surface area (Å²) in [4.78, 5) is 29.0. The zero-order chi connectivity index (χ0) is 18.5. The topological polar surface area (TPSA) is 68.3 Å². The molecule has 0 saturated heterocycles. The molecule has 3 rings (SSSR count). The highest BCUT2D eigenvalue weighted by atomic mass is 35.5. The van der Waals surface area contributed by atoms with Gasteiger partial charge in [-0.15, -0.1) is 0 Å². The molecule has 0 unspecified atom stereocenters. The number of benzene rings is 2. The Labute approximate surface area is 156 Å². The van der Waals surface area contributed by atoms with Crippen molar-refractivity contribution in [3.05, 3.63) is 76.9 Å². The van der Waals surface area contributed by atoms with E-state index in [0.29, 0.717) is 10.6 Å². The van der Waals surface area contributed by atoms with E-state index in [2.05, 4.69) is 10.3 Å². The first-order valence-corrected chi connectivity index (χ1v) is 8.42. The molecule has 132 valence electrons. The summed E-state index contributed by atoms with van der Waals surface area (Å²) in [6.45, 7) is 0. The van der Waals surface area contributed by atoms with Gasteiger partial charge >= 0.3 is 5.97 Å². The van der Waals surface area contributed by atoms with E-state index in [1.807, 2.05) is 30.3 Å². The zero-order valence-corrected chi connectivity index (χ0v) is 14.9. The maximum Gasteiger partial charge on any atom is 0.328 e. The quantitative estimate of drug-likeness (QED) is 0.701. The predicted molar refractivity (Wildman–Crippen MR) is 100 cm³/mol. The lowest BCUT2D eigenvalue weighted by Crippen LogP contribution is -2.43. The monoisotopic (exact) mass is 368 g/mol. The molecule has 2 aromatic carbocycles. The molecule has 0 radical (unpaired) electrons. The second-order valence-corrected chi connectivity index (χ2v) is 6.24. The van der Waals surface area contributed by atoms with Gasteiger partial charge in [0.1, 0.15) is 6.04 Å². The number of rotatable bonds is 5. The van der Waals surface area contributed by atoms with Gasteiger partial charge in [-0.25, -0.2) is 4.79 Å². The molecule has 0 aliphatic heterocycles. The normalized spacial score (nSPS) is 11.8. The van der Waals surface area contributed by atoms with E-state index in [1.54, 1.807) is 24.3 Å². The molecule has 1 aromatic heterocycles. The molecule has 1 heterocycles. The van der Waals surface area contributed by atoms with E-state index < -0.39 is 12.0 Å². The van der Waals surface area contributed by atoms with Gasteiger partial charge in [-0.3, -0.25) is 9.78 Å². The molecule has 3 aromatic rings. The Hall–Kier alpha value is -2.92. The number of pyridine rings is 1. The van der Waals surface area contributed by atoms with Crippen LogP contribution in [0.25, 0.3) is 10.9 Å². The second kappa shape index (κ2) is 7.97. The number of halogens is 1. The molecular weight excluding hydrogens is 352 g/mol. The number of methoxy groups -OCH3 is 1. The van der Waals surface area contributed by atoms with E-state index in [0.717, 1.165) is 16.5 Å². The number of para-hydroxylation sites is 1. The van der Waals surface area contributed by atoms with Gasteiger partial charge in [0.2, 0.25) is 0 Å². The van der Waals surface area contributed by atoms with Gasteiger partial charge in [-0.1, -0.05) is 41.9 Å². The van der Waals surface area contributed by atoms with Crippen molar-refractivity contribution in [1.82, 2.24) is 10.3 Å². The minimum Gasteiger partial charge on any atom is -0.467 e. The smallest absolute Gasteiger partial charge is 0.328 e. The largest absolute Gasteiger partial charge is 0.467 e. The molecule has 0 aliphatic rings. The van der Waals surface area contributed by atoms with Crippen LogP contribution in [-0.4, -0.2) is 30.0 Å². The zero-order valence-electron chi connectivity index (χ0n) is 14.1. The third kappa shape index (κ3) is 4.18. The van der Waals surface area contributed by atoms with Crippen LogP contribution in [0.5, 0.6) is 0 Å². The first-order valence-electron chi connectivity index (χ1n) is 8.05. The third-order valence-corrected chi connectivity index (χ3v) is 4.21. The van der Waals surface area contributed by atoms with Crippen LogP contribution in [0.2, 0.25) is 5.02 Å². The second-order valence-electron chi connectivity index (χ2n) is 5.80. The van der Waals surface area contributed by atoms with Crippen molar-refractivity contribution in [3.63, 3.8) is 0 Å². The summed E-state index contributed by atoms with van der Waals surface area (Å²) in [5, 5.41) is 4.14. The van der Waals surface area contributed by atoms with Crippen molar-refractivity contribution in [2.75, 3.05) is 7.11 Å². The Kier molecular flexibility index (Phi) is 5.49. The molecule has 1 N–H and O–H groups in total. The van der Waals surface area contributed by atoms with Crippen LogP contribution >= 0.6 is 11.6 Å². The minimum absolute atomic E-state index is 0.278. The predicted octanol–water partition coefficient (Wildman–Crippen LogP) is 3.40. The highest BCUT2D eigenvalue weighted by Gasteiger charge is 2.23. The Balaban J connectivity index is 1.80. The molecule has 0 saturated carbocycles. The molecule has 0 aliphatic carbocycles. The first-order chi connectivity index (χ1) is 12.6. The summed E-state index contributed by atoms with van der Waals surface area (Å²) in [6, 6.07) is 15.6. The van der Waals surface area contributed by atoms with Crippen LogP contribution in [0.4, 0.5) is 0 Å². The average molecular weight is 369 g/mol. The Morgan fingerprint density at radius 1 is 1.15 bits per heavy atom. The fraction of sp³-hybridized carbons (Fsp3) is 0.150. The number of nitrogens with zero attached hydrogens (tertiary/aromatic N) is 1. The van der Waals surface area contributed by atoms with E-state index in [4.69, 9.17) is 16.3 Å². The minimum atomic E-state index is -0.822. The van der Waals surface area contributed by atoms with E-state index in [9.17, 15) is 9.59 Å². The fourth-order valence-electron chi connectivity index (χ4n) is 2.67. The molecular formula is C20H17ClN2O3. The van der Waals surface area contributed by atoms with Crippen LogP contribution in [-0.2, 0) is 16.0 Å². The summed E-state index contributed by atoms with van der Waals surface area (Å²) < 4.78 is 4.82. The van der Waals surface area contributed by atoms with Gasteiger partial charge in [0, 0.05) is 23.0 Å². The van der Waals surface area contributed by atoms with E-state index >= 15 is 0 Å². The standard InChI is InChI=1S/C20H17ClN2O3/c1-26-20(25)18(10-13-5-4-7-16(21)9-13)23-19(24)15-11-14-6-2-3-8-17(14)22-12-15/h2-9,11-12,18H,10H2,1H3,(H,23,24)/t18-/m1/s1. The van der Waals surface area contributed by atoms with Crippen LogP contribution in [0.1, 0.15) is 15.9 Å². The molecule has 0 fully saturated rings. The summed E-state index contributed by atoms with van der Waals surface area (Å²) in [7, 11) is 1.29. The lowest BCUT2D eigenvalue weighted by Gasteiger charge is -2.17. The summed E-state index contributed by atoms with van der Waals surface area (Å²) in [5.74, 6) is -0.909. The number of carbonyl (C=O) groups is 2. The lowest BCUT2D eigenvalue weighted by molar-refractivity contribution is -0.142. The van der Waals surface area contributed by atoms with Gasteiger partial charge in [0.05, 0.1) is 18.2 Å². The SMILES string of the molecule is COC(=O)[C@@H](Cc1cccc(Cl)c1)NC(=O)c1cnc2ccccc2c1. The lowest BCUT2D eigenvalue weighted by atomic mass is 10.1. The molecule has 1 amide bonds. The maximum atomic E-state index is 12.6. The van der Waals surface area contributed by atoms with E-state index in [1.165, 1.54) is 13.3 Å². The van der Waals surface area contributed by atoms with Crippen LogP contribution < -0.4 is 5.32 Å². The van der Waals surface area contributed by atoms with Gasteiger partial charge in [0.25, 0.3) is 5.91 Å². The van der Waals surface area contributed by atoms with Crippen molar-refractivity contribution in [3.8, 4) is 0 Å². The number of amides is 1. The van der Waals surface area contributed by atoms with Crippen molar-refractivity contribution in [2.24, 2.45) is 0 Å². The van der Waals surface area contributed by atoms with Gasteiger partial charge < -0.3 is 10.1 Å². The number of fused-ring (bicyclic) bond motifs is 1. The van der Waals surface area contributed by atoms with Crippen molar-refractivity contribution in [1.29, 1.82) is 0 Å². The summed E-state index contributed by atoms with van der Waals surface area (Å²) in [6.07, 6.45) is 1.77. The van der Waals surface area contributed by atoms with Gasteiger partial charge in [0.15, 0.2) is 0 Å². The summed E-state index contributed by atoms with van der Waals surface area (Å²) in [5.41, 5.74) is 2.00. The Morgan fingerprint density at radius 2 is 1.96 bits per heavy atom. The Morgan fingerprint density at radius 3 is 2.73 bits per heavy atom. The Bertz CT molecular complexity index is 958. The van der Waals surface area contributed by atoms with Crippen LogP contribution in [0.3, 0.4) is 0 Å². The molecule has 26 heavy (non-hydrogen) atoms. The van der Waals surface area contributed by atoms with Crippen LogP contribution in [0, 0.1) is 0 Å². The van der Waals surface area contributed by atoms with Crippen molar-refractivity contribution in [2.45, 2.75) is 12.5 Å². The number of aromatic nitrogens is 1. The van der Waals surface area contributed by atoms with Gasteiger partial charge in [-0.2, -0.15) is 0 Å². The fourth-order valence-corrected chi connectivity index (χ4v) is 2.88. The highest BCUT2D eigenvalue weighted by molar-refractivity contribution is 6.30. The molecule has 0 spiro atoms. The van der Waals surface area contributed by atoms with E-state index in [-0.39, 0.29) is 12.3 Å². The number of carbonyl (C=O) groups excluding carboxylic acids is 2. The van der Waals surface area contributed by atoms with Gasteiger partial charge in [-0.05, 0) is 29.8 Å². The number of esters is 1. The third-order valence-electron chi connectivity index (χ3n) is 3.97. The van der Waals surface area contributed by atoms with Crippen molar-refractivity contribution >= 4 is 34.4 Å². The number of hydrogen-bond acceptors (Lipinski definition) is 4. The molecule has 5 nitrogen and oxygen atoms in total. The summed E-state index contributed by atoms with van der Waals surface area (Å²) >= 11 is 5.99. The number of nitrogens with one attached hydrogen (secondary N) is 1. The first kappa shape index (κ1) is 17.9. The average Bonchev–Trinajstić information content (AvgIpc) is 2.66. The van der Waals surface area contributed by atoms with Crippen LogP contribution in [0.15, 0.2) is 60.8 Å². The number of ether oxygens (including phenoxy) is 1. The molecule has 6 heteroatoms. The molecule has 0 bridgehead atoms. The maximum absolute atomic E-state index is 12.6. The number of hydrogen-bond donors (Lipinski definition) is 1. The molecule has 1 atom stereocenters. The highest BCUT2D eigenvalue weighted by Crippen LogP contribution is 2.15. The van der Waals surface area contributed by atoms with Crippen molar-refractivity contribution < 1.29 is 14.3 Å².